The maximum Gasteiger partial charge on any atom is 0.178 e. The molecule has 0 N–H and O–H groups in total. The highest BCUT2D eigenvalue weighted by Crippen LogP contribution is 2.31. The number of carbonyl (C=O) groups is 1. The van der Waals surface area contributed by atoms with Gasteiger partial charge in [0.15, 0.2) is 5.78 Å². The Balaban J connectivity index is 2.71. The van der Waals surface area contributed by atoms with Crippen LogP contribution in [0.4, 0.5) is 0 Å². The summed E-state index contributed by atoms with van der Waals surface area (Å²) >= 11 is 5.13. The molecular formula is C10H14BrNOS. The molecule has 0 saturated carbocycles. The predicted molar refractivity (Wildman–Crippen MR) is 63.2 cm³/mol. The Bertz CT molecular complexity index is 322. The molecule has 1 unspecified atom stereocenters. The summed E-state index contributed by atoms with van der Waals surface area (Å²) in [6.07, 6.45) is 1.05. The van der Waals surface area contributed by atoms with Crippen LogP contribution in [-0.4, -0.2) is 10.8 Å². The van der Waals surface area contributed by atoms with E-state index < -0.39 is 0 Å². The molecule has 0 spiro atoms. The third kappa shape index (κ3) is 3.17. The summed E-state index contributed by atoms with van der Waals surface area (Å²) in [4.78, 5) is 15.6. The van der Waals surface area contributed by atoms with E-state index in [4.69, 9.17) is 0 Å². The smallest absolute Gasteiger partial charge is 0.178 e. The van der Waals surface area contributed by atoms with Crippen LogP contribution in [0.1, 0.15) is 47.5 Å². The van der Waals surface area contributed by atoms with Gasteiger partial charge in [-0.05, 0) is 12.3 Å². The van der Waals surface area contributed by atoms with Crippen LogP contribution in [0.3, 0.4) is 0 Å². The van der Waals surface area contributed by atoms with Crippen LogP contribution in [0, 0.1) is 5.92 Å². The first-order valence-electron chi connectivity index (χ1n) is 4.61. The fourth-order valence-corrected chi connectivity index (χ4v) is 3.13. The molecule has 1 aromatic rings. The Morgan fingerprint density at radius 1 is 1.64 bits per heavy atom. The molecule has 0 aliphatic carbocycles. The number of ketones is 1. The van der Waals surface area contributed by atoms with Crippen LogP contribution >= 0.6 is 27.3 Å². The van der Waals surface area contributed by atoms with E-state index in [-0.39, 0.29) is 10.6 Å². The Labute approximate surface area is 96.9 Å². The van der Waals surface area contributed by atoms with E-state index in [0.717, 1.165) is 11.4 Å². The first kappa shape index (κ1) is 11.9. The maximum atomic E-state index is 11.0. The van der Waals surface area contributed by atoms with Gasteiger partial charge in [-0.15, -0.1) is 11.3 Å². The van der Waals surface area contributed by atoms with Crippen molar-refractivity contribution in [2.75, 3.05) is 0 Å². The number of thiazole rings is 1. The summed E-state index contributed by atoms with van der Waals surface area (Å²) in [7, 11) is 0. The number of nitrogens with zero attached hydrogens (tertiary/aromatic N) is 1. The number of aromatic nitrogens is 1. The second kappa shape index (κ2) is 5.03. The second-order valence-electron chi connectivity index (χ2n) is 3.72. The minimum Gasteiger partial charge on any atom is -0.293 e. The number of Topliss-reactive ketones (excluding diaryl/α,β-unsaturated/α-hetero) is 1. The monoisotopic (exact) mass is 275 g/mol. The van der Waals surface area contributed by atoms with Crippen molar-refractivity contribution >= 4 is 33.0 Å². The molecule has 0 fully saturated rings. The molecule has 4 heteroatoms. The lowest BCUT2D eigenvalue weighted by atomic mass is 10.1. The van der Waals surface area contributed by atoms with Gasteiger partial charge in [0.1, 0.15) is 10.7 Å². The number of carbonyl (C=O) groups excluding carboxylic acids is 1. The lowest BCUT2D eigenvalue weighted by Gasteiger charge is -2.08. The van der Waals surface area contributed by atoms with Crippen molar-refractivity contribution in [3.63, 3.8) is 0 Å². The zero-order valence-electron chi connectivity index (χ0n) is 8.58. The summed E-state index contributed by atoms with van der Waals surface area (Å²) in [5.41, 5.74) is 0.582. The van der Waals surface area contributed by atoms with Gasteiger partial charge in [0, 0.05) is 12.3 Å². The van der Waals surface area contributed by atoms with Gasteiger partial charge in [-0.25, -0.2) is 4.98 Å². The highest BCUT2D eigenvalue weighted by atomic mass is 79.9. The van der Waals surface area contributed by atoms with Crippen LogP contribution < -0.4 is 0 Å². The van der Waals surface area contributed by atoms with E-state index >= 15 is 0 Å². The van der Waals surface area contributed by atoms with Gasteiger partial charge in [0.25, 0.3) is 0 Å². The van der Waals surface area contributed by atoms with Gasteiger partial charge in [-0.1, -0.05) is 29.8 Å². The van der Waals surface area contributed by atoms with E-state index in [1.165, 1.54) is 0 Å². The lowest BCUT2D eigenvalue weighted by molar-refractivity contribution is 0.101. The van der Waals surface area contributed by atoms with Crippen molar-refractivity contribution in [3.05, 3.63) is 16.1 Å². The number of halogens is 1. The molecule has 78 valence electrons. The van der Waals surface area contributed by atoms with Gasteiger partial charge < -0.3 is 0 Å². The lowest BCUT2D eigenvalue weighted by Crippen LogP contribution is -1.97. The van der Waals surface area contributed by atoms with Crippen LogP contribution in [0.25, 0.3) is 0 Å². The van der Waals surface area contributed by atoms with Crippen LogP contribution in [-0.2, 0) is 0 Å². The topological polar surface area (TPSA) is 30.0 Å². The molecule has 0 bridgehead atoms. The van der Waals surface area contributed by atoms with Crippen molar-refractivity contribution in [2.24, 2.45) is 5.92 Å². The summed E-state index contributed by atoms with van der Waals surface area (Å²) < 4.78 is 0. The van der Waals surface area contributed by atoms with Crippen LogP contribution in [0.2, 0.25) is 0 Å². The quantitative estimate of drug-likeness (QED) is 0.618. The Morgan fingerprint density at radius 3 is 2.71 bits per heavy atom. The average molecular weight is 276 g/mol. The first-order valence-corrected chi connectivity index (χ1v) is 6.40. The van der Waals surface area contributed by atoms with Gasteiger partial charge in [0.05, 0.1) is 4.83 Å². The molecule has 0 amide bonds. The van der Waals surface area contributed by atoms with Crippen molar-refractivity contribution in [1.82, 2.24) is 4.98 Å². The van der Waals surface area contributed by atoms with Gasteiger partial charge in [-0.2, -0.15) is 0 Å². The van der Waals surface area contributed by atoms with Crippen molar-refractivity contribution in [2.45, 2.75) is 32.0 Å². The number of hydrogen-bond donors (Lipinski definition) is 0. The Kier molecular flexibility index (Phi) is 4.26. The normalized spacial score (nSPS) is 13.2. The predicted octanol–water partition coefficient (Wildman–Crippen LogP) is 3.83. The fraction of sp³-hybridized carbons (Fsp3) is 0.600. The van der Waals surface area contributed by atoms with Crippen molar-refractivity contribution in [1.29, 1.82) is 0 Å². The summed E-state index contributed by atoms with van der Waals surface area (Å²) in [6, 6.07) is 0. The second-order valence-corrected chi connectivity index (χ2v) is 5.72. The Morgan fingerprint density at radius 2 is 2.29 bits per heavy atom. The molecule has 0 aromatic carbocycles. The number of hydrogen-bond acceptors (Lipinski definition) is 3. The number of rotatable bonds is 4. The molecule has 14 heavy (non-hydrogen) atoms. The maximum absolute atomic E-state index is 11.0. The molecular weight excluding hydrogens is 262 g/mol. The molecule has 2 nitrogen and oxygen atoms in total. The molecule has 1 atom stereocenters. The molecule has 0 aliphatic heterocycles. The molecule has 0 radical (unpaired) electrons. The molecule has 0 saturated heterocycles. The standard InChI is InChI=1S/C10H14BrNOS/c1-6(2)4-8(11)10-12-9(5-14-10)7(3)13/h5-6,8H,4H2,1-3H3. The van der Waals surface area contributed by atoms with E-state index in [1.54, 1.807) is 18.3 Å². The van der Waals surface area contributed by atoms with Crippen molar-refractivity contribution < 1.29 is 4.79 Å². The minimum absolute atomic E-state index is 0.0387. The minimum atomic E-state index is 0.0387. The van der Waals surface area contributed by atoms with E-state index in [9.17, 15) is 4.79 Å². The van der Waals surface area contributed by atoms with E-state index in [0.29, 0.717) is 11.6 Å². The van der Waals surface area contributed by atoms with Crippen LogP contribution in [0.5, 0.6) is 0 Å². The van der Waals surface area contributed by atoms with Gasteiger partial charge in [-0.3, -0.25) is 4.79 Å². The molecule has 1 aromatic heterocycles. The summed E-state index contributed by atoms with van der Waals surface area (Å²) in [5, 5.41) is 2.83. The third-order valence-electron chi connectivity index (χ3n) is 1.83. The molecule has 1 heterocycles. The van der Waals surface area contributed by atoms with Gasteiger partial charge in [0.2, 0.25) is 0 Å². The average Bonchev–Trinajstić information content (AvgIpc) is 2.50. The molecule has 0 aliphatic rings. The van der Waals surface area contributed by atoms with Crippen LogP contribution in [0.15, 0.2) is 5.38 Å². The first-order chi connectivity index (χ1) is 6.50. The highest BCUT2D eigenvalue weighted by molar-refractivity contribution is 9.09. The van der Waals surface area contributed by atoms with E-state index in [2.05, 4.69) is 34.8 Å². The third-order valence-corrected chi connectivity index (χ3v) is 3.90. The fourth-order valence-electron chi connectivity index (χ4n) is 1.11. The molecule has 1 rings (SSSR count). The zero-order valence-corrected chi connectivity index (χ0v) is 11.0. The van der Waals surface area contributed by atoms with Gasteiger partial charge >= 0.3 is 0 Å². The van der Waals surface area contributed by atoms with Crippen molar-refractivity contribution in [3.8, 4) is 0 Å². The van der Waals surface area contributed by atoms with E-state index in [1.807, 2.05) is 5.38 Å². The number of alkyl halides is 1. The Hall–Kier alpha value is -0.220. The SMILES string of the molecule is CC(=O)c1csc(C(Br)CC(C)C)n1. The zero-order chi connectivity index (χ0) is 10.7. The summed E-state index contributed by atoms with van der Waals surface area (Å²) in [5.74, 6) is 0.667. The highest BCUT2D eigenvalue weighted by Gasteiger charge is 2.14. The summed E-state index contributed by atoms with van der Waals surface area (Å²) in [6.45, 7) is 5.89. The largest absolute Gasteiger partial charge is 0.293 e.